The molecule has 0 radical (unpaired) electrons. The zero-order valence-corrected chi connectivity index (χ0v) is 18.9. The Labute approximate surface area is 193 Å². The minimum Gasteiger partial charge on any atom is -0.352 e. The van der Waals surface area contributed by atoms with Crippen molar-refractivity contribution >= 4 is 11.7 Å². The lowest BCUT2D eigenvalue weighted by molar-refractivity contribution is 0.0599. The number of likely N-dealkylation sites (tertiary alicyclic amines) is 1. The van der Waals surface area contributed by atoms with E-state index in [1.54, 1.807) is 36.7 Å². The molecule has 1 amide bonds. The number of pyridine rings is 1. The Bertz CT molecular complexity index is 1150. The Balaban J connectivity index is 1.48. The van der Waals surface area contributed by atoms with Gasteiger partial charge in [-0.3, -0.25) is 9.78 Å². The highest BCUT2D eigenvalue weighted by atomic mass is 19.1. The van der Waals surface area contributed by atoms with Crippen molar-refractivity contribution in [1.82, 2.24) is 19.9 Å². The van der Waals surface area contributed by atoms with Crippen molar-refractivity contribution in [3.8, 4) is 0 Å². The van der Waals surface area contributed by atoms with Crippen LogP contribution in [0.1, 0.15) is 64.7 Å². The monoisotopic (exact) mass is 445 g/mol. The van der Waals surface area contributed by atoms with E-state index in [0.717, 1.165) is 61.3 Å². The van der Waals surface area contributed by atoms with Gasteiger partial charge in [-0.2, -0.15) is 0 Å². The summed E-state index contributed by atoms with van der Waals surface area (Å²) < 4.78 is 13.8. The summed E-state index contributed by atoms with van der Waals surface area (Å²) in [6, 6.07) is 10.1. The fraction of sp³-hybridized carbons (Fsp3) is 0.385. The third-order valence-corrected chi connectivity index (χ3v) is 6.62. The number of carbonyl (C=O) groups excluding carboxylic acids is 1. The zero-order valence-electron chi connectivity index (χ0n) is 18.9. The Morgan fingerprint density at radius 1 is 1.09 bits per heavy atom. The van der Waals surface area contributed by atoms with Crippen LogP contribution in [0.15, 0.2) is 48.8 Å². The molecule has 0 N–H and O–H groups in total. The summed E-state index contributed by atoms with van der Waals surface area (Å²) in [5, 5.41) is 0. The van der Waals surface area contributed by atoms with Crippen LogP contribution in [0.2, 0.25) is 0 Å². The molecule has 7 heteroatoms. The van der Waals surface area contributed by atoms with Crippen molar-refractivity contribution in [2.45, 2.75) is 51.6 Å². The Morgan fingerprint density at radius 3 is 2.76 bits per heavy atom. The lowest BCUT2D eigenvalue weighted by Gasteiger charge is -2.37. The van der Waals surface area contributed by atoms with E-state index in [0.29, 0.717) is 24.5 Å². The third kappa shape index (κ3) is 4.45. The third-order valence-electron chi connectivity index (χ3n) is 6.62. The van der Waals surface area contributed by atoms with Crippen molar-refractivity contribution in [2.24, 2.45) is 0 Å². The summed E-state index contributed by atoms with van der Waals surface area (Å²) in [6.45, 7) is 4.20. The molecule has 0 aliphatic carbocycles. The summed E-state index contributed by atoms with van der Waals surface area (Å²) in [6.07, 6.45) is 8.11. The van der Waals surface area contributed by atoms with Gasteiger partial charge in [0, 0.05) is 48.8 Å². The molecule has 0 bridgehead atoms. The highest BCUT2D eigenvalue weighted by Crippen LogP contribution is 2.34. The molecular formula is C26H28FN5O. The fourth-order valence-electron chi connectivity index (χ4n) is 4.97. The van der Waals surface area contributed by atoms with Gasteiger partial charge in [0.25, 0.3) is 5.91 Å². The van der Waals surface area contributed by atoms with Crippen LogP contribution in [0.5, 0.6) is 0 Å². The van der Waals surface area contributed by atoms with Gasteiger partial charge >= 0.3 is 0 Å². The minimum atomic E-state index is -0.225. The van der Waals surface area contributed by atoms with Crippen molar-refractivity contribution in [1.29, 1.82) is 0 Å². The van der Waals surface area contributed by atoms with E-state index in [1.165, 1.54) is 6.07 Å². The second-order valence-corrected chi connectivity index (χ2v) is 8.87. The SMILES string of the molecule is Cc1nc([C@@H]2CCCCN2C(=O)c2ccncc2)nc2c1CCCN2Cc1cccc(F)c1. The first-order chi connectivity index (χ1) is 16.1. The first-order valence-electron chi connectivity index (χ1n) is 11.7. The maximum Gasteiger partial charge on any atom is 0.254 e. The van der Waals surface area contributed by atoms with E-state index >= 15 is 0 Å². The highest BCUT2D eigenvalue weighted by molar-refractivity contribution is 5.94. The van der Waals surface area contributed by atoms with E-state index in [-0.39, 0.29) is 17.8 Å². The predicted molar refractivity (Wildman–Crippen MR) is 124 cm³/mol. The molecule has 5 rings (SSSR count). The number of aryl methyl sites for hydroxylation is 1. The quantitative estimate of drug-likeness (QED) is 0.586. The van der Waals surface area contributed by atoms with Crippen LogP contribution in [-0.4, -0.2) is 38.8 Å². The molecule has 6 nitrogen and oxygen atoms in total. The molecule has 2 aromatic heterocycles. The molecule has 33 heavy (non-hydrogen) atoms. The normalized spacial score (nSPS) is 18.2. The molecule has 2 aliphatic rings. The smallest absolute Gasteiger partial charge is 0.254 e. The number of aromatic nitrogens is 3. The van der Waals surface area contributed by atoms with Gasteiger partial charge in [0.15, 0.2) is 5.82 Å². The summed E-state index contributed by atoms with van der Waals surface area (Å²) in [7, 11) is 0. The first-order valence-corrected chi connectivity index (χ1v) is 11.7. The number of hydrogen-bond donors (Lipinski definition) is 0. The Hall–Kier alpha value is -3.35. The number of fused-ring (bicyclic) bond motifs is 1. The number of nitrogens with zero attached hydrogens (tertiary/aromatic N) is 5. The van der Waals surface area contributed by atoms with Gasteiger partial charge in [-0.15, -0.1) is 0 Å². The molecule has 170 valence electrons. The molecule has 0 spiro atoms. The average molecular weight is 446 g/mol. The van der Waals surface area contributed by atoms with Gasteiger partial charge < -0.3 is 9.80 Å². The number of piperidine rings is 1. The topological polar surface area (TPSA) is 62.2 Å². The van der Waals surface area contributed by atoms with Crippen molar-refractivity contribution in [3.05, 3.63) is 82.8 Å². The number of anilines is 1. The molecule has 4 heterocycles. The van der Waals surface area contributed by atoms with Crippen LogP contribution in [0.25, 0.3) is 0 Å². The number of carbonyl (C=O) groups is 1. The van der Waals surface area contributed by atoms with Gasteiger partial charge in [0.1, 0.15) is 11.6 Å². The summed E-state index contributed by atoms with van der Waals surface area (Å²) in [4.78, 5) is 31.4. The lowest BCUT2D eigenvalue weighted by Crippen LogP contribution is -2.40. The molecule has 1 atom stereocenters. The number of benzene rings is 1. The van der Waals surface area contributed by atoms with Gasteiger partial charge in [-0.25, -0.2) is 14.4 Å². The second kappa shape index (κ2) is 9.25. The van der Waals surface area contributed by atoms with Gasteiger partial charge in [-0.1, -0.05) is 12.1 Å². The lowest BCUT2D eigenvalue weighted by atomic mass is 9.98. The Kier molecular flexibility index (Phi) is 6.03. The van der Waals surface area contributed by atoms with Crippen molar-refractivity contribution in [2.75, 3.05) is 18.0 Å². The highest BCUT2D eigenvalue weighted by Gasteiger charge is 2.32. The largest absolute Gasteiger partial charge is 0.352 e. The van der Waals surface area contributed by atoms with E-state index in [1.807, 2.05) is 17.9 Å². The molecule has 0 saturated carbocycles. The minimum absolute atomic E-state index is 0.00214. The molecule has 1 aromatic carbocycles. The van der Waals surface area contributed by atoms with E-state index in [4.69, 9.17) is 9.97 Å². The van der Waals surface area contributed by atoms with E-state index in [9.17, 15) is 9.18 Å². The standard InChI is InChI=1S/C26H28FN5O/c1-18-22-8-5-14-31(17-19-6-4-7-21(27)16-19)25(22)30-24(29-18)23-9-2-3-15-32(23)26(33)20-10-12-28-13-11-20/h4,6-7,10-13,16,23H,2-3,5,8-9,14-15,17H2,1H3/t23-/m0/s1. The zero-order chi connectivity index (χ0) is 22.8. The van der Waals surface area contributed by atoms with Gasteiger partial charge in [-0.05, 0) is 68.9 Å². The maximum absolute atomic E-state index is 13.8. The molecular weight excluding hydrogens is 417 g/mol. The average Bonchev–Trinajstić information content (AvgIpc) is 2.84. The van der Waals surface area contributed by atoms with Crippen molar-refractivity contribution in [3.63, 3.8) is 0 Å². The Morgan fingerprint density at radius 2 is 1.94 bits per heavy atom. The van der Waals surface area contributed by atoms with Gasteiger partial charge in [0.05, 0.1) is 6.04 Å². The van der Waals surface area contributed by atoms with Crippen molar-refractivity contribution < 1.29 is 9.18 Å². The van der Waals surface area contributed by atoms with E-state index < -0.39 is 0 Å². The number of halogens is 1. The molecule has 3 aromatic rings. The number of hydrogen-bond acceptors (Lipinski definition) is 5. The molecule has 1 saturated heterocycles. The summed E-state index contributed by atoms with van der Waals surface area (Å²) in [5.41, 5.74) is 3.69. The number of amides is 1. The van der Waals surface area contributed by atoms with Crippen LogP contribution in [-0.2, 0) is 13.0 Å². The van der Waals surface area contributed by atoms with Crippen LogP contribution < -0.4 is 4.90 Å². The fourth-order valence-corrected chi connectivity index (χ4v) is 4.97. The molecule has 0 unspecified atom stereocenters. The molecule has 1 fully saturated rings. The van der Waals surface area contributed by atoms with Crippen LogP contribution >= 0.6 is 0 Å². The second-order valence-electron chi connectivity index (χ2n) is 8.87. The van der Waals surface area contributed by atoms with Crippen LogP contribution in [0.3, 0.4) is 0 Å². The maximum atomic E-state index is 13.8. The van der Waals surface area contributed by atoms with E-state index in [2.05, 4.69) is 9.88 Å². The van der Waals surface area contributed by atoms with Crippen LogP contribution in [0, 0.1) is 12.7 Å². The molecule has 2 aliphatic heterocycles. The first kappa shape index (κ1) is 21.5. The summed E-state index contributed by atoms with van der Waals surface area (Å²) >= 11 is 0. The summed E-state index contributed by atoms with van der Waals surface area (Å²) in [5.74, 6) is 1.41. The predicted octanol–water partition coefficient (Wildman–Crippen LogP) is 4.64. The van der Waals surface area contributed by atoms with Gasteiger partial charge in [0.2, 0.25) is 0 Å². The number of rotatable bonds is 4. The van der Waals surface area contributed by atoms with Crippen LogP contribution in [0.4, 0.5) is 10.2 Å².